The van der Waals surface area contributed by atoms with E-state index in [2.05, 4.69) is 23.6 Å². The summed E-state index contributed by atoms with van der Waals surface area (Å²) in [7, 11) is -10.4. The van der Waals surface area contributed by atoms with Crippen molar-refractivity contribution >= 4 is 30.3 Å². The Labute approximate surface area is 173 Å². The van der Waals surface area contributed by atoms with E-state index in [1.54, 1.807) is 0 Å². The number of nitrogens with zero attached hydrogens (tertiary/aromatic N) is 4. The average Bonchev–Trinajstić information content (AvgIpc) is 2.96. The van der Waals surface area contributed by atoms with Crippen LogP contribution in [0.3, 0.4) is 0 Å². The molecule has 31 heavy (non-hydrogen) atoms. The Morgan fingerprint density at radius 3 is 2.58 bits per heavy atom. The summed E-state index contributed by atoms with van der Waals surface area (Å²) in [6.45, 7) is 0.756. The number of H-pyrrole nitrogens is 1. The number of hydrogen-bond donors (Lipinski definition) is 5. The molecule has 1 aliphatic rings. The fourth-order valence-electron chi connectivity index (χ4n) is 2.52. The molecular formula is C10H16BN5O12P3. The molecule has 5 unspecified atom stereocenters. The van der Waals surface area contributed by atoms with Gasteiger partial charge in [-0.2, -0.15) is 0 Å². The molecule has 0 amide bonds. The van der Waals surface area contributed by atoms with E-state index in [-0.39, 0.29) is 12.0 Å². The third-order valence-electron chi connectivity index (χ3n) is 3.71. The molecule has 0 spiro atoms. The number of aromatic nitrogens is 2. The summed E-state index contributed by atoms with van der Waals surface area (Å²) in [5.74, 6) is 0. The van der Waals surface area contributed by atoms with Gasteiger partial charge >= 0.3 is 173 Å². The van der Waals surface area contributed by atoms with Gasteiger partial charge in [0.15, 0.2) is 0 Å². The maximum atomic E-state index is 12.0. The van der Waals surface area contributed by atoms with E-state index in [0.717, 1.165) is 4.57 Å². The molecule has 2 rings (SSSR count). The molecule has 1 fully saturated rings. The Morgan fingerprint density at radius 2 is 2.00 bits per heavy atom. The molecule has 1 aromatic heterocycles. The van der Waals surface area contributed by atoms with Crippen LogP contribution in [0.1, 0.15) is 18.2 Å². The topological polar surface area (TPSA) is 256 Å². The Bertz CT molecular complexity index is 1140. The van der Waals surface area contributed by atoms with Crippen molar-refractivity contribution in [1.29, 1.82) is 0 Å². The summed E-state index contributed by atoms with van der Waals surface area (Å²) in [6, 6.07) is -0.957. The molecule has 1 aliphatic heterocycles. The summed E-state index contributed by atoms with van der Waals surface area (Å²) in [4.78, 5) is 64.4. The molecule has 21 heteroatoms. The van der Waals surface area contributed by atoms with Gasteiger partial charge in [0.25, 0.3) is 0 Å². The molecule has 5 N–H and O–H groups in total. The molecule has 0 saturated carbocycles. The minimum absolute atomic E-state index is 0.0500. The van der Waals surface area contributed by atoms with Crippen LogP contribution < -0.4 is 11.2 Å². The quantitative estimate of drug-likeness (QED) is 0.0975. The second kappa shape index (κ2) is 9.63. The molecular weight excluding hydrogens is 486 g/mol. The van der Waals surface area contributed by atoms with Crippen molar-refractivity contribution in [2.24, 2.45) is 5.11 Å². The fourth-order valence-corrected chi connectivity index (χ4v) is 5.72. The zero-order valence-electron chi connectivity index (χ0n) is 15.5. The normalized spacial score (nSPS) is 25.4. The van der Waals surface area contributed by atoms with Crippen LogP contribution in [-0.4, -0.2) is 55.1 Å². The second-order valence-corrected chi connectivity index (χ2v) is 10.7. The number of rotatable bonds is 9. The Hall–Kier alpha value is -1.38. The maximum absolute atomic E-state index is 12.0. The van der Waals surface area contributed by atoms with E-state index in [1.807, 2.05) is 0 Å². The first-order chi connectivity index (χ1) is 14.1. The molecule has 1 radical (unpaired) electrons. The number of hydrogen-bond acceptors (Lipinski definition) is 10. The van der Waals surface area contributed by atoms with Gasteiger partial charge in [-0.3, -0.25) is 0 Å². The molecule has 17 nitrogen and oxygen atoms in total. The summed E-state index contributed by atoms with van der Waals surface area (Å²) >= 11 is 0. The molecule has 171 valence electrons. The predicted molar refractivity (Wildman–Crippen MR) is 102 cm³/mol. The number of aromatic amines is 1. The monoisotopic (exact) mass is 502 g/mol. The van der Waals surface area contributed by atoms with Gasteiger partial charge in [0.1, 0.15) is 0 Å². The van der Waals surface area contributed by atoms with Gasteiger partial charge in [-0.15, -0.1) is 0 Å². The van der Waals surface area contributed by atoms with Crippen LogP contribution in [0.15, 0.2) is 20.9 Å². The van der Waals surface area contributed by atoms with E-state index in [9.17, 15) is 28.5 Å². The van der Waals surface area contributed by atoms with E-state index in [4.69, 9.17) is 31.8 Å². The van der Waals surface area contributed by atoms with Gasteiger partial charge in [0, 0.05) is 0 Å². The molecule has 2 heterocycles. The van der Waals surface area contributed by atoms with E-state index in [1.165, 1.54) is 13.1 Å². The van der Waals surface area contributed by atoms with Gasteiger partial charge in [-0.1, -0.05) is 0 Å². The Morgan fingerprint density at radius 1 is 1.35 bits per heavy atom. The van der Waals surface area contributed by atoms with Crippen molar-refractivity contribution in [2.45, 2.75) is 31.7 Å². The van der Waals surface area contributed by atoms with Crippen LogP contribution >= 0.6 is 23.1 Å². The summed E-state index contributed by atoms with van der Waals surface area (Å²) < 4.78 is 41.1. The number of phosphoric acid groups is 2. The van der Waals surface area contributed by atoms with Crippen molar-refractivity contribution in [3.8, 4) is 0 Å². The first-order valence-corrected chi connectivity index (χ1v) is 12.7. The predicted octanol–water partition coefficient (Wildman–Crippen LogP) is -0.107. The van der Waals surface area contributed by atoms with Gasteiger partial charge in [-0.25, -0.2) is 0 Å². The Balaban J connectivity index is 2.14. The SMILES string of the molecule is [B]=P(O)(OCC1OC(n2cc(C)c(=O)[nH]c2=O)CC1N=[N+]=[N-])OP(=O)(O)OP(=O)(O)O. The molecule has 1 saturated heterocycles. The summed E-state index contributed by atoms with van der Waals surface area (Å²) in [6.07, 6.45) is -0.983. The van der Waals surface area contributed by atoms with Gasteiger partial charge in [-0.05, 0) is 0 Å². The molecule has 5 atom stereocenters. The third kappa shape index (κ3) is 7.61. The zero-order chi connectivity index (χ0) is 23.6. The Kier molecular flexibility index (Phi) is 8.04. The number of ether oxygens (including phenoxy) is 1. The van der Waals surface area contributed by atoms with Crippen molar-refractivity contribution in [2.75, 3.05) is 6.61 Å². The van der Waals surface area contributed by atoms with Crippen molar-refractivity contribution < 1.29 is 46.6 Å². The third-order valence-corrected chi connectivity index (χ3v) is 7.67. The van der Waals surface area contributed by atoms with Gasteiger partial charge < -0.3 is 0 Å². The minimum atomic E-state index is -5.52. The van der Waals surface area contributed by atoms with E-state index >= 15 is 0 Å². The van der Waals surface area contributed by atoms with Crippen molar-refractivity contribution in [1.82, 2.24) is 9.55 Å². The first-order valence-electron chi connectivity index (χ1n) is 8.00. The molecule has 0 aromatic carbocycles. The second-order valence-electron chi connectivity index (χ2n) is 6.10. The number of nitrogens with one attached hydrogen (secondary N) is 1. The molecule has 0 bridgehead atoms. The number of azide groups is 1. The van der Waals surface area contributed by atoms with Gasteiger partial charge in [0.2, 0.25) is 0 Å². The summed E-state index contributed by atoms with van der Waals surface area (Å²) in [5, 5.41) is 3.48. The van der Waals surface area contributed by atoms with Crippen LogP contribution in [0, 0.1) is 6.92 Å². The van der Waals surface area contributed by atoms with Crippen molar-refractivity contribution in [3.05, 3.63) is 43.0 Å². The van der Waals surface area contributed by atoms with Crippen LogP contribution in [0.2, 0.25) is 0 Å². The average molecular weight is 502 g/mol. The standard InChI is InChI=1S/C10H16BN5O12P3/c1-5-3-16(10(18)13-9(5)17)8-2-6(14-15-12)7(26-8)4-25-29(11,19)27-31(23,24)28-30(20,21)22/h3,6-8,19H,2,4H2,1H3,(H,23,24)(H,13,17,18)(H2,20,21,22). The van der Waals surface area contributed by atoms with Gasteiger partial charge in [0.05, 0.1) is 0 Å². The number of aryl methyl sites for hydroxylation is 1. The van der Waals surface area contributed by atoms with Crippen LogP contribution in [0.4, 0.5) is 0 Å². The van der Waals surface area contributed by atoms with Crippen molar-refractivity contribution in [3.63, 3.8) is 0 Å². The van der Waals surface area contributed by atoms with Crippen LogP contribution in [-0.2, 0) is 27.0 Å². The summed E-state index contributed by atoms with van der Waals surface area (Å²) in [5.41, 5.74) is 7.51. The molecule has 0 aliphatic carbocycles. The molecule has 1 aromatic rings. The van der Waals surface area contributed by atoms with Crippen LogP contribution in [0.25, 0.3) is 10.4 Å². The zero-order valence-corrected chi connectivity index (χ0v) is 18.2. The van der Waals surface area contributed by atoms with Crippen LogP contribution in [0.5, 0.6) is 0 Å². The first kappa shape index (κ1) is 25.9. The fraction of sp³-hybridized carbons (Fsp3) is 0.600. The van der Waals surface area contributed by atoms with E-state index in [0.29, 0.717) is 0 Å². The van der Waals surface area contributed by atoms with E-state index < -0.39 is 59.3 Å².